The lowest BCUT2D eigenvalue weighted by Crippen LogP contribution is -2.33. The number of ether oxygens (including phenoxy) is 1. The van der Waals surface area contributed by atoms with Crippen LogP contribution in [0.5, 0.6) is 5.88 Å². The third-order valence-electron chi connectivity index (χ3n) is 5.02. The van der Waals surface area contributed by atoms with Crippen molar-refractivity contribution in [1.82, 2.24) is 15.3 Å². The number of aryl methyl sites for hydroxylation is 1. The van der Waals surface area contributed by atoms with Crippen molar-refractivity contribution in [2.45, 2.75) is 31.8 Å². The average molecular weight is 347 g/mol. The summed E-state index contributed by atoms with van der Waals surface area (Å²) in [5.74, 6) is 1.36. The van der Waals surface area contributed by atoms with Gasteiger partial charge in [-0.25, -0.2) is 4.98 Å². The molecule has 0 spiro atoms. The summed E-state index contributed by atoms with van der Waals surface area (Å²) >= 11 is 0. The summed E-state index contributed by atoms with van der Waals surface area (Å²) in [6, 6.07) is 13.6. The predicted molar refractivity (Wildman–Crippen MR) is 100 cm³/mol. The van der Waals surface area contributed by atoms with Crippen LogP contribution in [0, 0.1) is 6.92 Å². The number of nitrogens with zero attached hydrogens (tertiary/aromatic N) is 2. The van der Waals surface area contributed by atoms with E-state index in [9.17, 15) is 4.79 Å². The maximum atomic E-state index is 13.3. The molecule has 2 heterocycles. The molecule has 1 N–H and O–H groups in total. The molecular formula is C21H21N3O2. The summed E-state index contributed by atoms with van der Waals surface area (Å²) in [6.45, 7) is 2.00. The van der Waals surface area contributed by atoms with E-state index in [4.69, 9.17) is 4.74 Å². The van der Waals surface area contributed by atoms with Crippen molar-refractivity contribution in [3.05, 3.63) is 65.6 Å². The number of benzene rings is 2. The van der Waals surface area contributed by atoms with E-state index in [1.54, 1.807) is 19.4 Å². The number of nitrogens with one attached hydrogen (secondary N) is 1. The van der Waals surface area contributed by atoms with Crippen LogP contribution < -0.4 is 10.1 Å². The van der Waals surface area contributed by atoms with Crippen LogP contribution >= 0.6 is 0 Å². The van der Waals surface area contributed by atoms with Crippen LogP contribution in [0.25, 0.3) is 10.8 Å². The molecule has 4 rings (SSSR count). The van der Waals surface area contributed by atoms with Crippen LogP contribution in [-0.4, -0.2) is 28.9 Å². The number of fused-ring (bicyclic) bond motifs is 1. The van der Waals surface area contributed by atoms with Gasteiger partial charge < -0.3 is 4.74 Å². The number of Topliss-reactive ketones (excluding diaryl/α,β-unsaturated/α-hetero) is 1. The monoisotopic (exact) mass is 347 g/mol. The highest BCUT2D eigenvalue weighted by Crippen LogP contribution is 2.30. The fourth-order valence-corrected chi connectivity index (χ4v) is 3.67. The van der Waals surface area contributed by atoms with E-state index in [2.05, 4.69) is 21.4 Å². The molecule has 0 bridgehead atoms. The second-order valence-electron chi connectivity index (χ2n) is 6.65. The average Bonchev–Trinajstić information content (AvgIpc) is 3.18. The number of carbonyl (C=O) groups excluding carboxylic acids is 1. The number of rotatable bonds is 4. The molecule has 1 fully saturated rings. The molecule has 2 atom stereocenters. The largest absolute Gasteiger partial charge is 0.481 e. The maximum absolute atomic E-state index is 13.3. The smallest absolute Gasteiger partial charge is 0.216 e. The fourth-order valence-electron chi connectivity index (χ4n) is 3.67. The van der Waals surface area contributed by atoms with Gasteiger partial charge in [0.05, 0.1) is 19.2 Å². The van der Waals surface area contributed by atoms with Crippen molar-refractivity contribution in [2.75, 3.05) is 7.11 Å². The van der Waals surface area contributed by atoms with Gasteiger partial charge in [0.25, 0.3) is 0 Å². The summed E-state index contributed by atoms with van der Waals surface area (Å²) in [4.78, 5) is 22.0. The maximum Gasteiger partial charge on any atom is 0.216 e. The van der Waals surface area contributed by atoms with Gasteiger partial charge >= 0.3 is 0 Å². The molecule has 1 aliphatic rings. The molecule has 1 aromatic heterocycles. The minimum absolute atomic E-state index is 0.0330. The summed E-state index contributed by atoms with van der Waals surface area (Å²) < 4.78 is 5.18. The van der Waals surface area contributed by atoms with Crippen molar-refractivity contribution >= 4 is 16.6 Å². The van der Waals surface area contributed by atoms with E-state index in [0.29, 0.717) is 11.7 Å². The molecule has 0 radical (unpaired) electrons. The van der Waals surface area contributed by atoms with Crippen LogP contribution in [-0.2, 0) is 0 Å². The van der Waals surface area contributed by atoms with E-state index < -0.39 is 0 Å². The molecule has 2 unspecified atom stereocenters. The van der Waals surface area contributed by atoms with Gasteiger partial charge in [0.15, 0.2) is 5.78 Å². The lowest BCUT2D eigenvalue weighted by molar-refractivity contribution is 0.0951. The number of ketones is 1. The lowest BCUT2D eigenvalue weighted by Gasteiger charge is -2.16. The van der Waals surface area contributed by atoms with Gasteiger partial charge in [0.1, 0.15) is 5.82 Å². The molecule has 3 aromatic rings. The number of carbonyl (C=O) groups is 1. The van der Waals surface area contributed by atoms with Crippen LogP contribution in [0.1, 0.15) is 40.6 Å². The lowest BCUT2D eigenvalue weighted by atomic mass is 9.93. The number of hydrogen-bond acceptors (Lipinski definition) is 5. The SMILES string of the molecule is COc1ccnc(C2CCC(C(=O)c3c(C)ccc4ccccc34)N2)n1. The second-order valence-corrected chi connectivity index (χ2v) is 6.65. The van der Waals surface area contributed by atoms with Crippen LogP contribution in [0.3, 0.4) is 0 Å². The zero-order valence-corrected chi connectivity index (χ0v) is 14.9. The molecule has 1 aliphatic heterocycles. The number of aromatic nitrogens is 2. The number of hydrogen-bond donors (Lipinski definition) is 1. The van der Waals surface area contributed by atoms with E-state index >= 15 is 0 Å². The van der Waals surface area contributed by atoms with Crippen LogP contribution in [0.2, 0.25) is 0 Å². The Kier molecular flexibility index (Phi) is 4.39. The van der Waals surface area contributed by atoms with Crippen molar-refractivity contribution < 1.29 is 9.53 Å². The Morgan fingerprint density at radius 3 is 2.85 bits per heavy atom. The summed E-state index contributed by atoms with van der Waals surface area (Å²) in [7, 11) is 1.59. The first-order valence-electron chi connectivity index (χ1n) is 8.83. The standard InChI is InChI=1S/C21H21N3O2/c1-13-7-8-14-5-3-4-6-15(14)19(13)20(25)16-9-10-17(23-16)21-22-12-11-18(24-21)26-2/h3-8,11-12,16-17,23H,9-10H2,1-2H3. The second kappa shape index (κ2) is 6.84. The van der Waals surface area contributed by atoms with Crippen LogP contribution in [0.15, 0.2) is 48.7 Å². The first-order valence-corrected chi connectivity index (χ1v) is 8.83. The van der Waals surface area contributed by atoms with Crippen molar-refractivity contribution in [2.24, 2.45) is 0 Å². The quantitative estimate of drug-likeness (QED) is 0.730. The van der Waals surface area contributed by atoms with Gasteiger partial charge in [0.2, 0.25) is 5.88 Å². The Morgan fingerprint density at radius 2 is 2.00 bits per heavy atom. The normalized spacial score (nSPS) is 19.6. The highest BCUT2D eigenvalue weighted by molar-refractivity contribution is 6.11. The predicted octanol–water partition coefficient (Wildman–Crippen LogP) is 3.62. The fraction of sp³-hybridized carbons (Fsp3) is 0.286. The molecule has 0 saturated carbocycles. The van der Waals surface area contributed by atoms with E-state index in [0.717, 1.165) is 34.7 Å². The van der Waals surface area contributed by atoms with Crippen molar-refractivity contribution in [3.63, 3.8) is 0 Å². The third-order valence-corrected chi connectivity index (χ3v) is 5.02. The summed E-state index contributed by atoms with van der Waals surface area (Å²) in [6.07, 6.45) is 3.28. The van der Waals surface area contributed by atoms with Gasteiger partial charge in [-0.1, -0.05) is 36.4 Å². The zero-order valence-electron chi connectivity index (χ0n) is 14.9. The Bertz CT molecular complexity index is 970. The number of methoxy groups -OCH3 is 1. The summed E-state index contributed by atoms with van der Waals surface area (Å²) in [5.41, 5.74) is 1.82. The Labute approximate surface area is 152 Å². The molecular weight excluding hydrogens is 326 g/mol. The molecule has 5 heteroatoms. The topological polar surface area (TPSA) is 64.1 Å². The van der Waals surface area contributed by atoms with Crippen molar-refractivity contribution in [1.29, 1.82) is 0 Å². The minimum Gasteiger partial charge on any atom is -0.481 e. The third kappa shape index (κ3) is 2.95. The first kappa shape index (κ1) is 16.7. The Morgan fingerprint density at radius 1 is 1.15 bits per heavy atom. The summed E-state index contributed by atoms with van der Waals surface area (Å²) in [5, 5.41) is 5.52. The van der Waals surface area contributed by atoms with Gasteiger partial charge in [0, 0.05) is 17.8 Å². The molecule has 26 heavy (non-hydrogen) atoms. The Balaban J connectivity index is 1.61. The van der Waals surface area contributed by atoms with E-state index in [-0.39, 0.29) is 17.9 Å². The molecule has 132 valence electrons. The van der Waals surface area contributed by atoms with Gasteiger partial charge in [-0.2, -0.15) is 4.98 Å². The van der Waals surface area contributed by atoms with E-state index in [1.807, 2.05) is 37.3 Å². The highest BCUT2D eigenvalue weighted by Gasteiger charge is 2.33. The van der Waals surface area contributed by atoms with Gasteiger partial charge in [-0.15, -0.1) is 0 Å². The highest BCUT2D eigenvalue weighted by atomic mass is 16.5. The van der Waals surface area contributed by atoms with Gasteiger partial charge in [-0.05, 0) is 36.1 Å². The van der Waals surface area contributed by atoms with Crippen molar-refractivity contribution in [3.8, 4) is 5.88 Å². The minimum atomic E-state index is -0.223. The van der Waals surface area contributed by atoms with E-state index in [1.165, 1.54) is 0 Å². The molecule has 5 nitrogen and oxygen atoms in total. The van der Waals surface area contributed by atoms with Crippen LogP contribution in [0.4, 0.5) is 0 Å². The zero-order chi connectivity index (χ0) is 18.1. The van der Waals surface area contributed by atoms with Gasteiger partial charge in [-0.3, -0.25) is 10.1 Å². The Hall–Kier alpha value is -2.79. The first-order chi connectivity index (χ1) is 12.7. The molecule has 1 saturated heterocycles. The molecule has 0 aliphatic carbocycles. The molecule has 2 aromatic carbocycles. The molecule has 0 amide bonds.